The molecular weight excluding hydrogens is 526 g/mol. The molecule has 3 rings (SSSR count). The van der Waals surface area contributed by atoms with Crippen molar-refractivity contribution in [2.24, 2.45) is 0 Å². The van der Waals surface area contributed by atoms with Gasteiger partial charge in [0.15, 0.2) is 0 Å². The van der Waals surface area contributed by atoms with Crippen LogP contribution in [0.15, 0.2) is 77.7 Å². The number of nitrogens with zero attached hydrogens (tertiary/aromatic N) is 2. The number of carbonyl (C=O) groups is 2. The molecule has 0 spiro atoms. The van der Waals surface area contributed by atoms with Gasteiger partial charge in [-0.1, -0.05) is 54.4 Å². The number of aryl methyl sites for hydroxylation is 2. The van der Waals surface area contributed by atoms with Gasteiger partial charge < -0.3 is 15.0 Å². The Morgan fingerprint density at radius 2 is 1.43 bits per heavy atom. The van der Waals surface area contributed by atoms with Gasteiger partial charge in [0.25, 0.3) is 10.0 Å². The quantitative estimate of drug-likeness (QED) is 0.339. The highest BCUT2D eigenvalue weighted by atomic mass is 32.2. The minimum absolute atomic E-state index is 0.0642. The van der Waals surface area contributed by atoms with E-state index in [2.05, 4.69) is 5.32 Å². The Hall–Kier alpha value is -3.85. The molecule has 0 aromatic heterocycles. The molecule has 0 aliphatic carbocycles. The molecule has 0 unspecified atom stereocenters. The fourth-order valence-electron chi connectivity index (χ4n) is 4.05. The lowest BCUT2D eigenvalue weighted by Crippen LogP contribution is -2.52. The van der Waals surface area contributed by atoms with Crippen molar-refractivity contribution in [1.29, 1.82) is 0 Å². The summed E-state index contributed by atoms with van der Waals surface area (Å²) in [7, 11) is -2.60. The minimum Gasteiger partial charge on any atom is -0.497 e. The lowest BCUT2D eigenvalue weighted by atomic mass is 10.1. The molecule has 0 aliphatic rings. The Kier molecular flexibility index (Phi) is 10.3. The summed E-state index contributed by atoms with van der Waals surface area (Å²) in [5.74, 6) is -0.245. The predicted molar refractivity (Wildman–Crippen MR) is 158 cm³/mol. The van der Waals surface area contributed by atoms with Crippen molar-refractivity contribution in [2.45, 2.75) is 64.6 Å². The first-order chi connectivity index (χ1) is 19.0. The number of sulfonamides is 1. The summed E-state index contributed by atoms with van der Waals surface area (Å²) in [6, 6.07) is 19.7. The molecule has 0 saturated heterocycles. The SMILES string of the molecule is CC[C@@H](C)NC(=O)[C@@H](C)N(Cc1ccc(C)cc1)C(=O)CN(c1ccc(OC)cc1)S(=O)(=O)c1ccc(C)cc1. The second-order valence-corrected chi connectivity index (χ2v) is 11.9. The zero-order valence-corrected chi connectivity index (χ0v) is 24.9. The van der Waals surface area contributed by atoms with Gasteiger partial charge in [-0.2, -0.15) is 0 Å². The van der Waals surface area contributed by atoms with Crippen molar-refractivity contribution in [2.75, 3.05) is 18.0 Å². The number of nitrogens with one attached hydrogen (secondary N) is 1. The normalized spacial score (nSPS) is 12.8. The summed E-state index contributed by atoms with van der Waals surface area (Å²) in [4.78, 5) is 28.6. The largest absolute Gasteiger partial charge is 0.497 e. The molecule has 0 saturated carbocycles. The molecule has 2 atom stereocenters. The van der Waals surface area contributed by atoms with E-state index in [-0.39, 0.29) is 23.4 Å². The fourth-order valence-corrected chi connectivity index (χ4v) is 5.47. The summed E-state index contributed by atoms with van der Waals surface area (Å²) in [5.41, 5.74) is 3.12. The summed E-state index contributed by atoms with van der Waals surface area (Å²) < 4.78 is 34.1. The molecule has 0 heterocycles. The third-order valence-electron chi connectivity index (χ3n) is 6.89. The molecule has 40 heavy (non-hydrogen) atoms. The fraction of sp³-hybridized carbons (Fsp3) is 0.355. The van der Waals surface area contributed by atoms with Crippen LogP contribution < -0.4 is 14.4 Å². The van der Waals surface area contributed by atoms with Gasteiger partial charge in [-0.05, 0) is 76.1 Å². The third-order valence-corrected chi connectivity index (χ3v) is 8.68. The Morgan fingerprint density at radius 3 is 1.95 bits per heavy atom. The maximum absolute atomic E-state index is 14.0. The van der Waals surface area contributed by atoms with E-state index in [9.17, 15) is 18.0 Å². The van der Waals surface area contributed by atoms with E-state index in [0.717, 1.165) is 27.4 Å². The number of rotatable bonds is 12. The van der Waals surface area contributed by atoms with Crippen molar-refractivity contribution < 1.29 is 22.7 Å². The summed E-state index contributed by atoms with van der Waals surface area (Å²) in [6.45, 7) is 9.03. The first-order valence-electron chi connectivity index (χ1n) is 13.3. The van der Waals surface area contributed by atoms with Crippen LogP contribution >= 0.6 is 0 Å². The maximum Gasteiger partial charge on any atom is 0.264 e. The highest BCUT2D eigenvalue weighted by Crippen LogP contribution is 2.27. The smallest absolute Gasteiger partial charge is 0.264 e. The van der Waals surface area contributed by atoms with Gasteiger partial charge in [0.05, 0.1) is 17.7 Å². The highest BCUT2D eigenvalue weighted by Gasteiger charge is 2.32. The van der Waals surface area contributed by atoms with Crippen molar-refractivity contribution in [1.82, 2.24) is 10.2 Å². The third kappa shape index (κ3) is 7.63. The number of methoxy groups -OCH3 is 1. The Balaban J connectivity index is 2.02. The van der Waals surface area contributed by atoms with Gasteiger partial charge in [-0.25, -0.2) is 8.42 Å². The van der Waals surface area contributed by atoms with Gasteiger partial charge in [0, 0.05) is 12.6 Å². The number of ether oxygens (including phenoxy) is 1. The molecule has 0 radical (unpaired) electrons. The van der Waals surface area contributed by atoms with Crippen LogP contribution in [0.2, 0.25) is 0 Å². The minimum atomic E-state index is -4.12. The van der Waals surface area contributed by atoms with E-state index in [1.54, 1.807) is 43.3 Å². The van der Waals surface area contributed by atoms with E-state index in [1.807, 2.05) is 52.0 Å². The molecule has 214 valence electrons. The second kappa shape index (κ2) is 13.5. The van der Waals surface area contributed by atoms with E-state index >= 15 is 0 Å². The van der Waals surface area contributed by atoms with Gasteiger partial charge in [-0.3, -0.25) is 13.9 Å². The molecule has 0 aliphatic heterocycles. The van der Waals surface area contributed by atoms with Crippen LogP contribution in [0.25, 0.3) is 0 Å². The van der Waals surface area contributed by atoms with Crippen molar-refractivity contribution in [3.63, 3.8) is 0 Å². The first-order valence-corrected chi connectivity index (χ1v) is 14.8. The zero-order valence-electron chi connectivity index (χ0n) is 24.0. The van der Waals surface area contributed by atoms with Gasteiger partial charge in [0.1, 0.15) is 18.3 Å². The Bertz CT molecular complexity index is 1390. The summed E-state index contributed by atoms with van der Waals surface area (Å²) >= 11 is 0. The molecule has 8 nitrogen and oxygen atoms in total. The summed E-state index contributed by atoms with van der Waals surface area (Å²) in [5, 5.41) is 2.94. The van der Waals surface area contributed by atoms with Gasteiger partial charge in [-0.15, -0.1) is 0 Å². The topological polar surface area (TPSA) is 96.0 Å². The van der Waals surface area contributed by atoms with E-state index in [0.29, 0.717) is 11.4 Å². The number of anilines is 1. The van der Waals surface area contributed by atoms with Gasteiger partial charge in [0.2, 0.25) is 11.8 Å². The van der Waals surface area contributed by atoms with Crippen LogP contribution in [-0.2, 0) is 26.2 Å². The molecule has 1 N–H and O–H groups in total. The van der Waals surface area contributed by atoms with Crippen molar-refractivity contribution >= 4 is 27.5 Å². The van der Waals surface area contributed by atoms with Gasteiger partial charge >= 0.3 is 0 Å². The van der Waals surface area contributed by atoms with Crippen molar-refractivity contribution in [3.8, 4) is 5.75 Å². The Morgan fingerprint density at radius 1 is 0.875 bits per heavy atom. The molecule has 0 fully saturated rings. The number of benzene rings is 3. The lowest BCUT2D eigenvalue weighted by Gasteiger charge is -2.32. The average molecular weight is 566 g/mol. The first kappa shape index (κ1) is 30.7. The van der Waals surface area contributed by atoms with E-state index in [4.69, 9.17) is 4.74 Å². The average Bonchev–Trinajstić information content (AvgIpc) is 2.95. The number of amides is 2. The van der Waals surface area contributed by atoms with E-state index in [1.165, 1.54) is 24.1 Å². The molecule has 9 heteroatoms. The van der Waals surface area contributed by atoms with Crippen LogP contribution in [0, 0.1) is 13.8 Å². The Labute approximate surface area is 238 Å². The lowest BCUT2D eigenvalue weighted by molar-refractivity contribution is -0.139. The highest BCUT2D eigenvalue weighted by molar-refractivity contribution is 7.92. The van der Waals surface area contributed by atoms with E-state index < -0.39 is 28.5 Å². The number of hydrogen-bond donors (Lipinski definition) is 1. The van der Waals surface area contributed by atoms with Crippen LogP contribution in [-0.4, -0.2) is 50.9 Å². The monoisotopic (exact) mass is 565 g/mol. The second-order valence-electron chi connectivity index (χ2n) is 10.0. The summed E-state index contributed by atoms with van der Waals surface area (Å²) in [6.07, 6.45) is 0.740. The standard InChI is InChI=1S/C31H39N3O5S/c1-7-24(4)32-31(36)25(5)33(20-26-12-8-22(2)9-13-26)30(35)21-34(27-14-16-28(39-6)17-15-27)40(37,38)29-18-10-23(3)11-19-29/h8-19,24-25H,7,20-21H2,1-6H3,(H,32,36)/t24-,25-/m1/s1. The molecule has 0 bridgehead atoms. The molecule has 3 aromatic carbocycles. The number of hydrogen-bond acceptors (Lipinski definition) is 5. The zero-order chi connectivity index (χ0) is 29.4. The van der Waals surface area contributed by atoms with Crippen LogP contribution in [0.4, 0.5) is 5.69 Å². The molecule has 2 amide bonds. The van der Waals surface area contributed by atoms with Crippen LogP contribution in [0.5, 0.6) is 5.75 Å². The predicted octanol–water partition coefficient (Wildman–Crippen LogP) is 4.84. The number of carbonyl (C=O) groups excluding carboxylic acids is 2. The van der Waals surface area contributed by atoms with Crippen LogP contribution in [0.1, 0.15) is 43.9 Å². The van der Waals surface area contributed by atoms with Crippen molar-refractivity contribution in [3.05, 3.63) is 89.5 Å². The van der Waals surface area contributed by atoms with Crippen LogP contribution in [0.3, 0.4) is 0 Å². The molecule has 3 aromatic rings. The maximum atomic E-state index is 14.0. The molecular formula is C31H39N3O5S.